The van der Waals surface area contributed by atoms with Crippen LogP contribution in [0.15, 0.2) is 36.5 Å². The Morgan fingerprint density at radius 3 is 1.12 bits per heavy atom. The van der Waals surface area contributed by atoms with Crippen molar-refractivity contribution in [3.05, 3.63) is 36.5 Å². The SMILES string of the molecule is CCCCCCCCCC/C=C\CCCCCCCCCCCC(=O)NC(COP(=O)([O-])OCC[N+](C)(C)C)C(O)/C=C/CC/C=C/CCCCCCCCCCCCCCCCCCCCCCCCC. The van der Waals surface area contributed by atoms with Gasteiger partial charge < -0.3 is 28.8 Å². The number of amides is 1. The Morgan fingerprint density at radius 2 is 0.778 bits per heavy atom. The molecule has 0 saturated carbocycles. The van der Waals surface area contributed by atoms with Gasteiger partial charge in [-0.2, -0.15) is 0 Å². The summed E-state index contributed by atoms with van der Waals surface area (Å²) in [6.45, 7) is 4.67. The van der Waals surface area contributed by atoms with E-state index in [4.69, 9.17) is 9.05 Å². The minimum absolute atomic E-state index is 0.00595. The fraction of sp³-hybridized carbons (Fsp3) is 0.889. The number of rotatable bonds is 58. The summed E-state index contributed by atoms with van der Waals surface area (Å²) >= 11 is 0. The summed E-state index contributed by atoms with van der Waals surface area (Å²) < 4.78 is 23.4. The fourth-order valence-corrected chi connectivity index (χ4v) is 10.1. The number of hydrogen-bond acceptors (Lipinski definition) is 6. The first-order chi connectivity index (χ1) is 35.0. The summed E-state index contributed by atoms with van der Waals surface area (Å²) in [7, 11) is 1.25. The molecule has 426 valence electrons. The molecule has 1 amide bonds. The molecule has 0 bridgehead atoms. The molecule has 0 saturated heterocycles. The third-order valence-corrected chi connectivity index (χ3v) is 15.3. The van der Waals surface area contributed by atoms with Crippen molar-refractivity contribution in [1.82, 2.24) is 5.32 Å². The molecule has 0 rings (SSSR count). The van der Waals surface area contributed by atoms with Crippen molar-refractivity contribution in [2.75, 3.05) is 40.9 Å². The van der Waals surface area contributed by atoms with Crippen molar-refractivity contribution >= 4 is 13.7 Å². The normalized spacial score (nSPS) is 14.0. The van der Waals surface area contributed by atoms with Gasteiger partial charge in [-0.25, -0.2) is 0 Å². The molecule has 0 spiro atoms. The van der Waals surface area contributed by atoms with Gasteiger partial charge in [0.05, 0.1) is 39.9 Å². The first-order valence-corrected chi connectivity index (χ1v) is 32.8. The number of carbonyl (C=O) groups is 1. The number of unbranched alkanes of at least 4 members (excludes halogenated alkanes) is 41. The Bertz CT molecular complexity index is 1270. The largest absolute Gasteiger partial charge is 0.756 e. The maximum atomic E-state index is 13.0. The van der Waals surface area contributed by atoms with Crippen LogP contribution < -0.4 is 10.2 Å². The quantitative estimate of drug-likeness (QED) is 0.0272. The molecule has 0 aliphatic rings. The second-order valence-corrected chi connectivity index (χ2v) is 24.2. The highest BCUT2D eigenvalue weighted by Crippen LogP contribution is 2.38. The number of phosphoric ester groups is 1. The molecule has 0 fully saturated rings. The highest BCUT2D eigenvalue weighted by Gasteiger charge is 2.23. The molecular formula is C63H123N2O6P. The molecule has 3 unspecified atom stereocenters. The van der Waals surface area contributed by atoms with Crippen LogP contribution >= 0.6 is 7.82 Å². The van der Waals surface area contributed by atoms with Gasteiger partial charge in [-0.15, -0.1) is 0 Å². The molecule has 0 heterocycles. The Labute approximate surface area is 448 Å². The number of quaternary nitrogens is 1. The highest BCUT2D eigenvalue weighted by atomic mass is 31.2. The van der Waals surface area contributed by atoms with E-state index in [0.717, 1.165) is 38.5 Å². The highest BCUT2D eigenvalue weighted by molar-refractivity contribution is 7.45. The Hall–Kier alpha value is -1.28. The van der Waals surface area contributed by atoms with E-state index in [1.54, 1.807) is 6.08 Å². The lowest BCUT2D eigenvalue weighted by atomic mass is 10.0. The average Bonchev–Trinajstić information content (AvgIpc) is 3.34. The third-order valence-electron chi connectivity index (χ3n) is 14.3. The number of carbonyl (C=O) groups excluding carboxylic acids is 1. The van der Waals surface area contributed by atoms with E-state index in [1.165, 1.54) is 250 Å². The van der Waals surface area contributed by atoms with Gasteiger partial charge in [-0.05, 0) is 57.8 Å². The first kappa shape index (κ1) is 70.7. The Kier molecular flexibility index (Phi) is 53.5. The minimum Gasteiger partial charge on any atom is -0.756 e. The van der Waals surface area contributed by atoms with E-state index >= 15 is 0 Å². The predicted octanol–water partition coefficient (Wildman–Crippen LogP) is 18.7. The van der Waals surface area contributed by atoms with E-state index in [9.17, 15) is 19.4 Å². The van der Waals surface area contributed by atoms with Gasteiger partial charge in [-0.3, -0.25) is 9.36 Å². The summed E-state index contributed by atoms with van der Waals surface area (Å²) in [5.41, 5.74) is 0. The van der Waals surface area contributed by atoms with Crippen molar-refractivity contribution in [3.63, 3.8) is 0 Å². The van der Waals surface area contributed by atoms with E-state index < -0.39 is 26.6 Å². The summed E-state index contributed by atoms with van der Waals surface area (Å²) in [6.07, 6.45) is 71.0. The lowest BCUT2D eigenvalue weighted by molar-refractivity contribution is -0.870. The molecule has 8 nitrogen and oxygen atoms in total. The summed E-state index contributed by atoms with van der Waals surface area (Å²) in [4.78, 5) is 25.5. The Morgan fingerprint density at radius 1 is 0.472 bits per heavy atom. The molecule has 2 N–H and O–H groups in total. The zero-order valence-electron chi connectivity index (χ0n) is 48.6. The van der Waals surface area contributed by atoms with Crippen LogP contribution in [-0.4, -0.2) is 68.5 Å². The minimum atomic E-state index is -4.61. The average molecular weight is 1040 g/mol. The number of nitrogens with zero attached hydrogens (tertiary/aromatic N) is 1. The maximum absolute atomic E-state index is 13.0. The number of likely N-dealkylation sites (N-methyl/N-ethyl adjacent to an activating group) is 1. The molecule has 0 aliphatic carbocycles. The molecule has 3 atom stereocenters. The van der Waals surface area contributed by atoms with Crippen LogP contribution in [0, 0.1) is 0 Å². The standard InChI is InChI=1S/C63H123N2O6P/c1-6-8-10-12-14-16-18-20-22-24-26-28-29-30-31-32-33-34-35-37-38-40-42-44-46-48-50-52-54-56-62(66)61(60-71-72(68,69)70-59-58-65(3,4)5)64-63(67)57-55-53-51-49-47-45-43-41-39-36-27-25-23-21-19-17-15-13-11-9-7-2/h25,27,46,48,54,56,61-62,66H,6-24,26,28-45,47,49-53,55,57-60H2,1-5H3,(H-,64,67,68,69)/b27-25-,48-46+,56-54+. The van der Waals surface area contributed by atoms with E-state index in [2.05, 4.69) is 43.5 Å². The number of aliphatic hydroxyl groups excluding tert-OH is 1. The molecular weight excluding hydrogens is 912 g/mol. The third kappa shape index (κ3) is 56.4. The van der Waals surface area contributed by atoms with Gasteiger partial charge in [0.25, 0.3) is 7.82 Å². The predicted molar refractivity (Wildman–Crippen MR) is 311 cm³/mol. The summed E-state index contributed by atoms with van der Waals surface area (Å²) in [6, 6.07) is -0.905. The van der Waals surface area contributed by atoms with Crippen LogP contribution in [0.1, 0.15) is 309 Å². The van der Waals surface area contributed by atoms with Crippen molar-refractivity contribution < 1.29 is 32.9 Å². The fourth-order valence-electron chi connectivity index (χ4n) is 9.40. The van der Waals surface area contributed by atoms with Crippen molar-refractivity contribution in [3.8, 4) is 0 Å². The number of aliphatic hydroxyl groups is 1. The van der Waals surface area contributed by atoms with E-state index in [0.29, 0.717) is 17.4 Å². The smallest absolute Gasteiger partial charge is 0.268 e. The van der Waals surface area contributed by atoms with Crippen LogP contribution in [0.5, 0.6) is 0 Å². The van der Waals surface area contributed by atoms with Crippen LogP contribution in [0.4, 0.5) is 0 Å². The van der Waals surface area contributed by atoms with Gasteiger partial charge in [-0.1, -0.05) is 281 Å². The second kappa shape index (κ2) is 54.5. The number of phosphoric acid groups is 1. The lowest BCUT2D eigenvalue weighted by Gasteiger charge is -2.29. The van der Waals surface area contributed by atoms with E-state index in [1.807, 2.05) is 27.2 Å². The molecule has 0 radical (unpaired) electrons. The number of allylic oxidation sites excluding steroid dienone is 5. The van der Waals surface area contributed by atoms with Crippen LogP contribution in [0.2, 0.25) is 0 Å². The zero-order chi connectivity index (χ0) is 52.7. The zero-order valence-corrected chi connectivity index (χ0v) is 49.5. The second-order valence-electron chi connectivity index (χ2n) is 22.8. The summed E-state index contributed by atoms with van der Waals surface area (Å²) in [5.74, 6) is -0.205. The van der Waals surface area contributed by atoms with Gasteiger partial charge in [0.1, 0.15) is 13.2 Å². The molecule has 0 aromatic rings. The van der Waals surface area contributed by atoms with Gasteiger partial charge in [0, 0.05) is 6.42 Å². The van der Waals surface area contributed by atoms with Gasteiger partial charge >= 0.3 is 0 Å². The van der Waals surface area contributed by atoms with Crippen LogP contribution in [0.25, 0.3) is 0 Å². The first-order valence-electron chi connectivity index (χ1n) is 31.4. The molecule has 0 aromatic heterocycles. The number of hydrogen-bond donors (Lipinski definition) is 2. The monoisotopic (exact) mass is 1030 g/mol. The van der Waals surface area contributed by atoms with Crippen molar-refractivity contribution in [1.29, 1.82) is 0 Å². The lowest BCUT2D eigenvalue weighted by Crippen LogP contribution is -2.45. The van der Waals surface area contributed by atoms with Crippen LogP contribution in [-0.2, 0) is 18.4 Å². The van der Waals surface area contributed by atoms with Crippen LogP contribution in [0.3, 0.4) is 0 Å². The Balaban J connectivity index is 4.17. The molecule has 0 aromatic carbocycles. The molecule has 72 heavy (non-hydrogen) atoms. The van der Waals surface area contributed by atoms with Crippen molar-refractivity contribution in [2.45, 2.75) is 321 Å². The topological polar surface area (TPSA) is 108 Å². The van der Waals surface area contributed by atoms with Crippen molar-refractivity contribution in [2.24, 2.45) is 0 Å². The van der Waals surface area contributed by atoms with Gasteiger partial charge in [0.15, 0.2) is 0 Å². The van der Waals surface area contributed by atoms with Gasteiger partial charge in [0.2, 0.25) is 5.91 Å². The number of nitrogens with one attached hydrogen (secondary N) is 1. The molecule has 9 heteroatoms. The maximum Gasteiger partial charge on any atom is 0.268 e. The van der Waals surface area contributed by atoms with E-state index in [-0.39, 0.29) is 12.5 Å². The molecule has 0 aliphatic heterocycles. The summed E-state index contributed by atoms with van der Waals surface area (Å²) in [5, 5.41) is 13.9.